The smallest absolute Gasteiger partial charge is 0.221 e. The fourth-order valence-corrected chi connectivity index (χ4v) is 2.93. The Morgan fingerprint density at radius 2 is 2.00 bits per heavy atom. The Labute approximate surface area is 161 Å². The van der Waals surface area contributed by atoms with Gasteiger partial charge in [0.15, 0.2) is 0 Å². The number of hydrogen-bond acceptors (Lipinski definition) is 4. The summed E-state index contributed by atoms with van der Waals surface area (Å²) in [5, 5.41) is 4.62. The number of carbonyl (C=O) groups is 1. The molecule has 0 aliphatic heterocycles. The van der Waals surface area contributed by atoms with Crippen molar-refractivity contribution in [2.75, 3.05) is 24.5 Å². The second-order valence-electron chi connectivity index (χ2n) is 6.91. The highest BCUT2D eigenvalue weighted by Gasteiger charge is 2.15. The number of fused-ring (bicyclic) bond motifs is 1. The van der Waals surface area contributed by atoms with Crippen molar-refractivity contribution in [1.29, 1.82) is 0 Å². The minimum absolute atomic E-state index is 0.0805. The number of carbonyl (C=O) groups excluding carboxylic acids is 1. The van der Waals surface area contributed by atoms with E-state index in [2.05, 4.69) is 36.0 Å². The first-order chi connectivity index (χ1) is 12.4. The molecule has 0 spiro atoms. The Morgan fingerprint density at radius 3 is 2.65 bits per heavy atom. The third-order valence-corrected chi connectivity index (χ3v) is 4.35. The molecule has 26 heavy (non-hydrogen) atoms. The zero-order valence-corrected chi connectivity index (χ0v) is 16.9. The number of nitrogens with zero attached hydrogens (tertiary/aromatic N) is 3. The molecule has 0 saturated carbocycles. The zero-order valence-electron chi connectivity index (χ0n) is 16.2. The van der Waals surface area contributed by atoms with Crippen LogP contribution in [0, 0.1) is 5.92 Å². The van der Waals surface area contributed by atoms with Gasteiger partial charge in [0.25, 0.3) is 0 Å². The molecule has 142 valence electrons. The van der Waals surface area contributed by atoms with Gasteiger partial charge in [-0.3, -0.25) is 4.79 Å². The quantitative estimate of drug-likeness (QED) is 0.711. The lowest BCUT2D eigenvalue weighted by atomic mass is 10.2. The predicted molar refractivity (Wildman–Crippen MR) is 109 cm³/mol. The molecule has 6 heteroatoms. The number of amides is 1. The molecule has 2 rings (SSSR count). The van der Waals surface area contributed by atoms with E-state index in [4.69, 9.17) is 16.6 Å². The number of halogens is 1. The van der Waals surface area contributed by atoms with E-state index in [-0.39, 0.29) is 5.91 Å². The van der Waals surface area contributed by atoms with E-state index in [1.165, 1.54) is 0 Å². The topological polar surface area (TPSA) is 58.1 Å². The van der Waals surface area contributed by atoms with Crippen LogP contribution in [0.15, 0.2) is 18.2 Å². The van der Waals surface area contributed by atoms with Crippen molar-refractivity contribution < 1.29 is 4.79 Å². The van der Waals surface area contributed by atoms with Crippen molar-refractivity contribution in [3.05, 3.63) is 29.0 Å². The van der Waals surface area contributed by atoms with E-state index in [0.29, 0.717) is 30.5 Å². The number of nitrogens with one attached hydrogen (secondary N) is 1. The molecule has 0 fully saturated rings. The third-order valence-electron chi connectivity index (χ3n) is 4.11. The Bertz CT molecular complexity index is 748. The number of benzene rings is 1. The highest BCUT2D eigenvalue weighted by atomic mass is 35.5. The van der Waals surface area contributed by atoms with E-state index < -0.39 is 0 Å². The summed E-state index contributed by atoms with van der Waals surface area (Å²) in [5.74, 6) is 2.22. The maximum absolute atomic E-state index is 12.1. The van der Waals surface area contributed by atoms with Crippen LogP contribution in [-0.2, 0) is 11.2 Å². The standard InChI is InChI=1S/C20H29ClN4O/c1-5-10-25(11-9-19(26)22-13-14(3)4)20-16-8-7-15(21)12-17(16)23-18(6-2)24-20/h7-8,12,14H,5-6,9-11,13H2,1-4H3,(H,22,26). The molecule has 2 aromatic rings. The molecule has 1 aromatic heterocycles. The zero-order chi connectivity index (χ0) is 19.1. The fourth-order valence-electron chi connectivity index (χ4n) is 2.77. The summed E-state index contributed by atoms with van der Waals surface area (Å²) in [6.07, 6.45) is 2.19. The normalized spacial score (nSPS) is 11.2. The molecule has 0 radical (unpaired) electrons. The van der Waals surface area contributed by atoms with Crippen molar-refractivity contribution in [1.82, 2.24) is 15.3 Å². The van der Waals surface area contributed by atoms with Crippen LogP contribution in [0.2, 0.25) is 5.02 Å². The van der Waals surface area contributed by atoms with Gasteiger partial charge in [-0.05, 0) is 30.5 Å². The van der Waals surface area contributed by atoms with Gasteiger partial charge in [0.05, 0.1) is 5.52 Å². The van der Waals surface area contributed by atoms with Gasteiger partial charge in [-0.15, -0.1) is 0 Å². The van der Waals surface area contributed by atoms with Gasteiger partial charge >= 0.3 is 0 Å². The number of aromatic nitrogens is 2. The van der Waals surface area contributed by atoms with Crippen molar-refractivity contribution in [3.63, 3.8) is 0 Å². The van der Waals surface area contributed by atoms with E-state index >= 15 is 0 Å². The summed E-state index contributed by atoms with van der Waals surface area (Å²) in [5.41, 5.74) is 0.852. The molecule has 0 aliphatic carbocycles. The molecule has 0 unspecified atom stereocenters. The number of anilines is 1. The van der Waals surface area contributed by atoms with Gasteiger partial charge in [-0.2, -0.15) is 0 Å². The van der Waals surface area contributed by atoms with Crippen LogP contribution in [0.1, 0.15) is 46.4 Å². The van der Waals surface area contributed by atoms with Crippen LogP contribution in [0.4, 0.5) is 5.82 Å². The van der Waals surface area contributed by atoms with Crippen LogP contribution in [0.25, 0.3) is 10.9 Å². The fraction of sp³-hybridized carbons (Fsp3) is 0.550. The monoisotopic (exact) mass is 376 g/mol. The van der Waals surface area contributed by atoms with Gasteiger partial charge < -0.3 is 10.2 Å². The van der Waals surface area contributed by atoms with Crippen molar-refractivity contribution in [3.8, 4) is 0 Å². The predicted octanol–water partition coefficient (Wildman–Crippen LogP) is 4.22. The molecule has 0 aliphatic rings. The Morgan fingerprint density at radius 1 is 1.23 bits per heavy atom. The van der Waals surface area contributed by atoms with E-state index in [1.54, 1.807) is 0 Å². The first-order valence-corrected chi connectivity index (χ1v) is 9.80. The first-order valence-electron chi connectivity index (χ1n) is 9.42. The maximum atomic E-state index is 12.1. The molecular weight excluding hydrogens is 348 g/mol. The number of hydrogen-bond donors (Lipinski definition) is 1. The summed E-state index contributed by atoms with van der Waals surface area (Å²) in [7, 11) is 0. The van der Waals surface area contributed by atoms with Crippen LogP contribution in [-0.4, -0.2) is 35.5 Å². The van der Waals surface area contributed by atoms with Gasteiger partial charge in [0, 0.05) is 42.9 Å². The highest BCUT2D eigenvalue weighted by Crippen LogP contribution is 2.27. The summed E-state index contributed by atoms with van der Waals surface area (Å²) in [4.78, 5) is 23.7. The van der Waals surface area contributed by atoms with E-state index in [1.807, 2.05) is 25.1 Å². The van der Waals surface area contributed by atoms with Gasteiger partial charge in [-0.25, -0.2) is 9.97 Å². The molecule has 5 nitrogen and oxygen atoms in total. The highest BCUT2D eigenvalue weighted by molar-refractivity contribution is 6.31. The van der Waals surface area contributed by atoms with Crippen LogP contribution in [0.3, 0.4) is 0 Å². The molecule has 1 heterocycles. The number of aryl methyl sites for hydroxylation is 1. The molecule has 1 amide bonds. The average molecular weight is 377 g/mol. The lowest BCUT2D eigenvalue weighted by molar-refractivity contribution is -0.121. The lowest BCUT2D eigenvalue weighted by Crippen LogP contribution is -2.33. The third kappa shape index (κ3) is 5.56. The second-order valence-corrected chi connectivity index (χ2v) is 7.35. The van der Waals surface area contributed by atoms with Gasteiger partial charge in [-0.1, -0.05) is 39.3 Å². The Hall–Kier alpha value is -1.88. The van der Waals surface area contributed by atoms with Gasteiger partial charge in [0.1, 0.15) is 11.6 Å². The summed E-state index contributed by atoms with van der Waals surface area (Å²) < 4.78 is 0. The number of rotatable bonds is 9. The maximum Gasteiger partial charge on any atom is 0.221 e. The Balaban J connectivity index is 2.26. The SMILES string of the molecule is CCCN(CCC(=O)NCC(C)C)c1nc(CC)nc2cc(Cl)ccc12. The van der Waals surface area contributed by atoms with Crippen LogP contribution >= 0.6 is 11.6 Å². The van der Waals surface area contributed by atoms with Crippen molar-refractivity contribution >= 4 is 34.2 Å². The van der Waals surface area contributed by atoms with Crippen molar-refractivity contribution in [2.24, 2.45) is 5.92 Å². The average Bonchev–Trinajstić information content (AvgIpc) is 2.62. The molecule has 0 saturated heterocycles. The minimum Gasteiger partial charge on any atom is -0.356 e. The molecule has 0 atom stereocenters. The summed E-state index contributed by atoms with van der Waals surface area (Å²) >= 11 is 6.14. The van der Waals surface area contributed by atoms with E-state index in [0.717, 1.165) is 41.9 Å². The van der Waals surface area contributed by atoms with Crippen molar-refractivity contribution in [2.45, 2.75) is 47.0 Å². The molecule has 0 bridgehead atoms. The van der Waals surface area contributed by atoms with E-state index in [9.17, 15) is 4.79 Å². The van der Waals surface area contributed by atoms with Crippen LogP contribution in [0.5, 0.6) is 0 Å². The molecular formula is C20H29ClN4O. The minimum atomic E-state index is 0.0805. The summed E-state index contributed by atoms with van der Waals surface area (Å²) in [6.45, 7) is 10.5. The lowest BCUT2D eigenvalue weighted by Gasteiger charge is -2.25. The second kappa shape index (κ2) is 9.72. The molecule has 1 aromatic carbocycles. The van der Waals surface area contributed by atoms with Crippen LogP contribution < -0.4 is 10.2 Å². The largest absolute Gasteiger partial charge is 0.356 e. The Kier molecular flexibility index (Phi) is 7.64. The first kappa shape index (κ1) is 20.4. The molecule has 1 N–H and O–H groups in total. The summed E-state index contributed by atoms with van der Waals surface area (Å²) in [6, 6.07) is 5.70. The van der Waals surface area contributed by atoms with Gasteiger partial charge in [0.2, 0.25) is 5.91 Å².